The zero-order chi connectivity index (χ0) is 19.1. The number of carbonyl (C=O) groups is 1. The summed E-state index contributed by atoms with van der Waals surface area (Å²) in [6.45, 7) is 5.00. The number of aromatic nitrogens is 3. The molecule has 0 aliphatic carbocycles. The number of nitrogens with one attached hydrogen (secondary N) is 1. The summed E-state index contributed by atoms with van der Waals surface area (Å²) in [7, 11) is 0. The lowest BCUT2D eigenvalue weighted by molar-refractivity contribution is -0.136. The average Bonchev–Trinajstić information content (AvgIpc) is 3.13. The summed E-state index contributed by atoms with van der Waals surface area (Å²) in [5, 5.41) is 6.09. The van der Waals surface area contributed by atoms with Crippen LogP contribution in [-0.2, 0) is 10.9 Å². The second-order valence-corrected chi connectivity index (χ2v) is 6.42. The summed E-state index contributed by atoms with van der Waals surface area (Å²) in [4.78, 5) is 16.0. The van der Waals surface area contributed by atoms with Crippen molar-refractivity contribution in [3.05, 3.63) is 36.2 Å². The van der Waals surface area contributed by atoms with Crippen LogP contribution < -0.4 is 5.32 Å². The van der Waals surface area contributed by atoms with Gasteiger partial charge < -0.3 is 9.15 Å². The molecular formula is C16H15F3N4O3. The van der Waals surface area contributed by atoms with Crippen LogP contribution in [0.2, 0.25) is 0 Å². The molecule has 0 saturated carbocycles. The van der Waals surface area contributed by atoms with Crippen molar-refractivity contribution in [3.63, 3.8) is 0 Å². The van der Waals surface area contributed by atoms with Crippen molar-refractivity contribution in [1.82, 2.24) is 14.6 Å². The Kier molecular flexibility index (Phi) is 4.13. The summed E-state index contributed by atoms with van der Waals surface area (Å²) in [6.07, 6.45) is -3.48. The molecule has 0 radical (unpaired) electrons. The molecule has 3 heterocycles. The van der Waals surface area contributed by atoms with Crippen molar-refractivity contribution < 1.29 is 27.1 Å². The predicted octanol–water partition coefficient (Wildman–Crippen LogP) is 4.36. The minimum absolute atomic E-state index is 0.0360. The molecule has 1 N–H and O–H groups in total. The third kappa shape index (κ3) is 3.63. The topological polar surface area (TPSA) is 81.7 Å². The monoisotopic (exact) mass is 368 g/mol. The van der Waals surface area contributed by atoms with E-state index in [4.69, 9.17) is 9.15 Å². The van der Waals surface area contributed by atoms with Gasteiger partial charge in [-0.3, -0.25) is 5.32 Å². The van der Waals surface area contributed by atoms with Gasteiger partial charge in [-0.1, -0.05) is 0 Å². The van der Waals surface area contributed by atoms with Gasteiger partial charge in [0.05, 0.1) is 12.5 Å². The minimum atomic E-state index is -4.65. The van der Waals surface area contributed by atoms with Crippen LogP contribution in [0.5, 0.6) is 0 Å². The molecule has 0 aliphatic rings. The van der Waals surface area contributed by atoms with E-state index in [1.54, 1.807) is 32.9 Å². The number of carbonyl (C=O) groups excluding carboxylic acids is 1. The van der Waals surface area contributed by atoms with Crippen molar-refractivity contribution in [2.24, 2.45) is 0 Å². The number of halogens is 3. The normalized spacial score (nSPS) is 12.4. The highest BCUT2D eigenvalue weighted by Crippen LogP contribution is 2.34. The van der Waals surface area contributed by atoms with Crippen LogP contribution in [-0.4, -0.2) is 26.3 Å². The Morgan fingerprint density at radius 3 is 2.62 bits per heavy atom. The summed E-state index contributed by atoms with van der Waals surface area (Å²) in [5.74, 6) is 0.209. The van der Waals surface area contributed by atoms with Crippen LogP contribution in [0, 0.1) is 0 Å². The Bertz CT molecular complexity index is 940. The lowest BCUT2D eigenvalue weighted by Crippen LogP contribution is -2.28. The van der Waals surface area contributed by atoms with E-state index in [1.165, 1.54) is 12.3 Å². The van der Waals surface area contributed by atoms with Crippen LogP contribution in [0.1, 0.15) is 26.3 Å². The lowest BCUT2D eigenvalue weighted by atomic mass is 10.2. The summed E-state index contributed by atoms with van der Waals surface area (Å²) >= 11 is 0. The summed E-state index contributed by atoms with van der Waals surface area (Å²) in [6, 6.07) is 4.46. The van der Waals surface area contributed by atoms with Crippen molar-refractivity contribution in [1.29, 1.82) is 0 Å². The molecule has 0 unspecified atom stereocenters. The SMILES string of the molecule is CC(C)(C)OC(=O)Nc1cc(-c2ccco2)nc2c(C(F)(F)F)cnn12. The third-order valence-corrected chi connectivity index (χ3v) is 3.18. The number of furan rings is 1. The van der Waals surface area contributed by atoms with E-state index < -0.39 is 29.1 Å². The maximum absolute atomic E-state index is 13.2. The highest BCUT2D eigenvalue weighted by Gasteiger charge is 2.36. The van der Waals surface area contributed by atoms with E-state index in [0.29, 0.717) is 6.20 Å². The number of hydrogen-bond acceptors (Lipinski definition) is 5. The molecule has 10 heteroatoms. The van der Waals surface area contributed by atoms with Gasteiger partial charge in [0.15, 0.2) is 11.4 Å². The Balaban J connectivity index is 2.12. The zero-order valence-electron chi connectivity index (χ0n) is 14.1. The van der Waals surface area contributed by atoms with Crippen LogP contribution in [0.4, 0.5) is 23.8 Å². The van der Waals surface area contributed by atoms with Gasteiger partial charge in [-0.25, -0.2) is 9.78 Å². The molecule has 0 bridgehead atoms. The van der Waals surface area contributed by atoms with Gasteiger partial charge in [0.2, 0.25) is 0 Å². The second kappa shape index (κ2) is 6.04. The van der Waals surface area contributed by atoms with E-state index in [0.717, 1.165) is 4.52 Å². The maximum Gasteiger partial charge on any atom is 0.421 e. The van der Waals surface area contributed by atoms with Crippen molar-refractivity contribution >= 4 is 17.6 Å². The van der Waals surface area contributed by atoms with E-state index in [1.807, 2.05) is 0 Å². The Labute approximate surface area is 145 Å². The van der Waals surface area contributed by atoms with Gasteiger partial charge >= 0.3 is 12.3 Å². The fourth-order valence-corrected chi connectivity index (χ4v) is 2.21. The van der Waals surface area contributed by atoms with E-state index in [2.05, 4.69) is 15.4 Å². The van der Waals surface area contributed by atoms with E-state index in [9.17, 15) is 18.0 Å². The molecule has 0 aromatic carbocycles. The van der Waals surface area contributed by atoms with Gasteiger partial charge in [-0.15, -0.1) is 0 Å². The van der Waals surface area contributed by atoms with Crippen LogP contribution in [0.25, 0.3) is 17.1 Å². The summed E-state index contributed by atoms with van der Waals surface area (Å²) in [5.41, 5.74) is -2.16. The highest BCUT2D eigenvalue weighted by molar-refractivity contribution is 5.85. The molecule has 3 rings (SSSR count). The fourth-order valence-electron chi connectivity index (χ4n) is 2.21. The number of amides is 1. The van der Waals surface area contributed by atoms with Crippen LogP contribution in [0.15, 0.2) is 35.1 Å². The maximum atomic E-state index is 13.2. The quantitative estimate of drug-likeness (QED) is 0.727. The number of ether oxygens (including phenoxy) is 1. The van der Waals surface area contributed by atoms with Gasteiger partial charge in [-0.2, -0.15) is 22.8 Å². The minimum Gasteiger partial charge on any atom is -0.463 e. The number of nitrogens with zero attached hydrogens (tertiary/aromatic N) is 3. The first-order valence-electron chi connectivity index (χ1n) is 7.54. The Morgan fingerprint density at radius 2 is 2.04 bits per heavy atom. The molecule has 0 atom stereocenters. The third-order valence-electron chi connectivity index (χ3n) is 3.18. The van der Waals surface area contributed by atoms with Gasteiger partial charge in [0.25, 0.3) is 0 Å². The number of rotatable bonds is 2. The van der Waals surface area contributed by atoms with Crippen LogP contribution in [0.3, 0.4) is 0 Å². The molecule has 0 saturated heterocycles. The molecule has 1 amide bonds. The Hall–Kier alpha value is -3.04. The van der Waals surface area contributed by atoms with E-state index in [-0.39, 0.29) is 17.3 Å². The lowest BCUT2D eigenvalue weighted by Gasteiger charge is -2.20. The zero-order valence-corrected chi connectivity index (χ0v) is 14.1. The highest BCUT2D eigenvalue weighted by atomic mass is 19.4. The number of hydrogen-bond donors (Lipinski definition) is 1. The van der Waals surface area contributed by atoms with Gasteiger partial charge in [0.1, 0.15) is 22.7 Å². The standard InChI is InChI=1S/C16H15F3N4O3/c1-15(2,3)26-14(24)22-12-7-10(11-5-4-6-25-11)21-13-9(16(17,18)19)8-20-23(12)13/h4-8H,1-3H3,(H,22,24). The number of alkyl halides is 3. The molecule has 7 nitrogen and oxygen atoms in total. The molecular weight excluding hydrogens is 353 g/mol. The molecule has 0 spiro atoms. The largest absolute Gasteiger partial charge is 0.463 e. The molecule has 138 valence electrons. The molecule has 0 aliphatic heterocycles. The van der Waals surface area contributed by atoms with Crippen LogP contribution >= 0.6 is 0 Å². The first-order chi connectivity index (χ1) is 12.0. The first kappa shape index (κ1) is 17.8. The van der Waals surface area contributed by atoms with Crippen molar-refractivity contribution in [2.75, 3.05) is 5.32 Å². The van der Waals surface area contributed by atoms with Crippen molar-refractivity contribution in [3.8, 4) is 11.5 Å². The number of anilines is 1. The Morgan fingerprint density at radius 1 is 1.31 bits per heavy atom. The smallest absolute Gasteiger partial charge is 0.421 e. The number of fused-ring (bicyclic) bond motifs is 1. The second-order valence-electron chi connectivity index (χ2n) is 6.42. The van der Waals surface area contributed by atoms with Crippen molar-refractivity contribution in [2.45, 2.75) is 32.5 Å². The predicted molar refractivity (Wildman–Crippen MR) is 85.5 cm³/mol. The fraction of sp³-hybridized carbons (Fsp3) is 0.312. The molecule has 0 fully saturated rings. The summed E-state index contributed by atoms with van der Waals surface area (Å²) < 4.78 is 50.9. The molecule has 3 aromatic heterocycles. The van der Waals surface area contributed by atoms with Gasteiger partial charge in [-0.05, 0) is 32.9 Å². The first-order valence-corrected chi connectivity index (χ1v) is 7.54. The van der Waals surface area contributed by atoms with Gasteiger partial charge in [0, 0.05) is 6.07 Å². The molecule has 3 aromatic rings. The molecule has 26 heavy (non-hydrogen) atoms. The van der Waals surface area contributed by atoms with E-state index >= 15 is 0 Å². The average molecular weight is 368 g/mol.